The van der Waals surface area contributed by atoms with Gasteiger partial charge in [-0.25, -0.2) is 4.98 Å². The Balaban J connectivity index is 1.83. The number of nitrogens with zero attached hydrogens (tertiary/aromatic N) is 2. The number of rotatable bonds is 2. The van der Waals surface area contributed by atoms with Crippen molar-refractivity contribution in [3.05, 3.63) is 29.2 Å². The summed E-state index contributed by atoms with van der Waals surface area (Å²) in [6.07, 6.45) is 1.19. The van der Waals surface area contributed by atoms with Gasteiger partial charge in [-0.15, -0.1) is 0 Å². The minimum absolute atomic E-state index is 0.814. The molecule has 102 valence electrons. The van der Waals surface area contributed by atoms with Gasteiger partial charge in [-0.3, -0.25) is 4.90 Å². The highest BCUT2D eigenvalue weighted by Gasteiger charge is 2.14. The van der Waals surface area contributed by atoms with Crippen LogP contribution in [0.1, 0.15) is 23.4 Å². The number of fused-ring (bicyclic) bond motifs is 1. The number of oxazole rings is 1. The largest absolute Gasteiger partial charge is 0.439 e. The Morgan fingerprint density at radius 2 is 2.16 bits per heavy atom. The number of hydrogen-bond donors (Lipinski definition) is 1. The lowest BCUT2D eigenvalue weighted by Crippen LogP contribution is -2.27. The van der Waals surface area contributed by atoms with Gasteiger partial charge in [0.05, 0.1) is 6.54 Å². The monoisotopic (exact) mass is 259 g/mol. The second-order valence-corrected chi connectivity index (χ2v) is 5.42. The molecule has 1 fully saturated rings. The van der Waals surface area contributed by atoms with Gasteiger partial charge in [0, 0.05) is 13.1 Å². The summed E-state index contributed by atoms with van der Waals surface area (Å²) >= 11 is 0. The van der Waals surface area contributed by atoms with Crippen molar-refractivity contribution in [1.29, 1.82) is 0 Å². The second kappa shape index (κ2) is 5.31. The van der Waals surface area contributed by atoms with Crippen LogP contribution in [0.25, 0.3) is 11.1 Å². The SMILES string of the molecule is Cc1cc(C)c2oc(CN3CCCNCC3)nc2c1. The van der Waals surface area contributed by atoms with Crippen LogP contribution in [0.3, 0.4) is 0 Å². The average Bonchev–Trinajstić information content (AvgIpc) is 2.58. The van der Waals surface area contributed by atoms with Gasteiger partial charge in [0.25, 0.3) is 0 Å². The molecular formula is C15H21N3O. The molecule has 19 heavy (non-hydrogen) atoms. The van der Waals surface area contributed by atoms with Crippen LogP contribution < -0.4 is 5.32 Å². The molecule has 4 heteroatoms. The number of aryl methyl sites for hydroxylation is 2. The van der Waals surface area contributed by atoms with Crippen LogP contribution in [0.5, 0.6) is 0 Å². The predicted molar refractivity (Wildman–Crippen MR) is 76.2 cm³/mol. The third-order valence-corrected chi connectivity index (χ3v) is 3.66. The Morgan fingerprint density at radius 3 is 3.05 bits per heavy atom. The van der Waals surface area contributed by atoms with E-state index in [0.717, 1.165) is 49.7 Å². The molecule has 1 N–H and O–H groups in total. The standard InChI is InChI=1S/C15H21N3O/c1-11-8-12(2)15-13(9-11)17-14(19-15)10-18-6-3-4-16-5-7-18/h8-9,16H,3-7,10H2,1-2H3. The van der Waals surface area contributed by atoms with Crippen LogP contribution in [-0.2, 0) is 6.54 Å². The van der Waals surface area contributed by atoms with E-state index in [9.17, 15) is 0 Å². The summed E-state index contributed by atoms with van der Waals surface area (Å²) in [4.78, 5) is 7.04. The Hall–Kier alpha value is -1.39. The maximum Gasteiger partial charge on any atom is 0.209 e. The third kappa shape index (κ3) is 2.80. The second-order valence-electron chi connectivity index (χ2n) is 5.42. The zero-order valence-corrected chi connectivity index (χ0v) is 11.7. The summed E-state index contributed by atoms with van der Waals surface area (Å²) in [6, 6.07) is 4.24. The lowest BCUT2D eigenvalue weighted by molar-refractivity contribution is 0.257. The summed E-state index contributed by atoms with van der Waals surface area (Å²) in [7, 11) is 0. The molecule has 4 nitrogen and oxygen atoms in total. The van der Waals surface area contributed by atoms with Crippen LogP contribution >= 0.6 is 0 Å². The lowest BCUT2D eigenvalue weighted by atomic mass is 10.1. The van der Waals surface area contributed by atoms with Crippen molar-refractivity contribution < 1.29 is 4.42 Å². The quantitative estimate of drug-likeness (QED) is 0.898. The van der Waals surface area contributed by atoms with Crippen molar-refractivity contribution in [3.63, 3.8) is 0 Å². The average molecular weight is 259 g/mol. The van der Waals surface area contributed by atoms with Gasteiger partial charge in [-0.05, 0) is 50.6 Å². The molecule has 0 amide bonds. The van der Waals surface area contributed by atoms with Crippen molar-refractivity contribution in [2.45, 2.75) is 26.8 Å². The first-order chi connectivity index (χ1) is 9.22. The maximum absolute atomic E-state index is 5.92. The normalized spacial score (nSPS) is 17.8. The molecule has 0 spiro atoms. The summed E-state index contributed by atoms with van der Waals surface area (Å²) in [5, 5.41) is 3.41. The van der Waals surface area contributed by atoms with Gasteiger partial charge in [0.2, 0.25) is 5.89 Å². The Morgan fingerprint density at radius 1 is 1.26 bits per heavy atom. The molecule has 3 rings (SSSR count). The summed E-state index contributed by atoms with van der Waals surface area (Å²) in [5.74, 6) is 0.839. The fraction of sp³-hybridized carbons (Fsp3) is 0.533. The van der Waals surface area contributed by atoms with E-state index in [2.05, 4.69) is 41.2 Å². The maximum atomic E-state index is 5.92. The Bertz CT molecular complexity index is 568. The van der Waals surface area contributed by atoms with Gasteiger partial charge in [-0.1, -0.05) is 6.07 Å². The molecule has 1 aliphatic rings. The van der Waals surface area contributed by atoms with Crippen LogP contribution in [0.2, 0.25) is 0 Å². The molecule has 2 heterocycles. The van der Waals surface area contributed by atoms with Crippen LogP contribution in [0.15, 0.2) is 16.5 Å². The van der Waals surface area contributed by atoms with E-state index in [0.29, 0.717) is 0 Å². The smallest absolute Gasteiger partial charge is 0.209 e. The minimum Gasteiger partial charge on any atom is -0.439 e. The summed E-state index contributed by atoms with van der Waals surface area (Å²) in [5.41, 5.74) is 4.34. The molecule has 0 radical (unpaired) electrons. The van der Waals surface area contributed by atoms with Gasteiger partial charge >= 0.3 is 0 Å². The van der Waals surface area contributed by atoms with E-state index in [-0.39, 0.29) is 0 Å². The van der Waals surface area contributed by atoms with Gasteiger partial charge in [0.15, 0.2) is 5.58 Å². The van der Waals surface area contributed by atoms with E-state index >= 15 is 0 Å². The fourth-order valence-electron chi connectivity index (χ4n) is 2.74. The molecular weight excluding hydrogens is 238 g/mol. The first-order valence-electron chi connectivity index (χ1n) is 7.02. The molecule has 1 aromatic carbocycles. The van der Waals surface area contributed by atoms with Crippen LogP contribution in [0, 0.1) is 13.8 Å². The molecule has 0 unspecified atom stereocenters. The first-order valence-corrected chi connectivity index (χ1v) is 7.02. The summed E-state index contributed by atoms with van der Waals surface area (Å²) in [6.45, 7) is 9.34. The van der Waals surface area contributed by atoms with E-state index < -0.39 is 0 Å². The van der Waals surface area contributed by atoms with E-state index in [1.54, 1.807) is 0 Å². The third-order valence-electron chi connectivity index (χ3n) is 3.66. The number of hydrogen-bond acceptors (Lipinski definition) is 4. The van der Waals surface area contributed by atoms with E-state index in [1.165, 1.54) is 17.5 Å². The molecule has 0 aliphatic carbocycles. The molecule has 2 aromatic rings. The lowest BCUT2D eigenvalue weighted by Gasteiger charge is -2.16. The van der Waals surface area contributed by atoms with Crippen LogP contribution in [0.4, 0.5) is 0 Å². The van der Waals surface area contributed by atoms with E-state index in [1.807, 2.05) is 0 Å². The predicted octanol–water partition coefficient (Wildman–Crippen LogP) is 2.24. The van der Waals surface area contributed by atoms with Gasteiger partial charge in [-0.2, -0.15) is 0 Å². The van der Waals surface area contributed by atoms with Gasteiger partial charge in [0.1, 0.15) is 5.52 Å². The van der Waals surface area contributed by atoms with Crippen LogP contribution in [-0.4, -0.2) is 36.1 Å². The first kappa shape index (κ1) is 12.6. The highest BCUT2D eigenvalue weighted by Crippen LogP contribution is 2.22. The highest BCUT2D eigenvalue weighted by molar-refractivity contribution is 5.77. The summed E-state index contributed by atoms with van der Waals surface area (Å²) < 4.78 is 5.92. The topological polar surface area (TPSA) is 41.3 Å². The zero-order chi connectivity index (χ0) is 13.2. The number of nitrogens with one attached hydrogen (secondary N) is 1. The van der Waals surface area contributed by atoms with Crippen molar-refractivity contribution in [3.8, 4) is 0 Å². The Labute approximate surface area is 113 Å². The molecule has 0 saturated carbocycles. The van der Waals surface area contributed by atoms with Crippen molar-refractivity contribution in [2.24, 2.45) is 0 Å². The van der Waals surface area contributed by atoms with Crippen molar-refractivity contribution in [2.75, 3.05) is 26.2 Å². The van der Waals surface area contributed by atoms with E-state index in [4.69, 9.17) is 4.42 Å². The van der Waals surface area contributed by atoms with Gasteiger partial charge < -0.3 is 9.73 Å². The zero-order valence-electron chi connectivity index (χ0n) is 11.7. The highest BCUT2D eigenvalue weighted by atomic mass is 16.3. The molecule has 1 aromatic heterocycles. The molecule has 0 bridgehead atoms. The molecule has 1 aliphatic heterocycles. The number of aromatic nitrogens is 1. The minimum atomic E-state index is 0.814. The fourth-order valence-corrected chi connectivity index (χ4v) is 2.74. The molecule has 0 atom stereocenters. The Kier molecular flexibility index (Phi) is 3.53. The van der Waals surface area contributed by atoms with Crippen molar-refractivity contribution in [1.82, 2.24) is 15.2 Å². The molecule has 1 saturated heterocycles. The number of benzene rings is 1. The van der Waals surface area contributed by atoms with Crippen molar-refractivity contribution >= 4 is 11.1 Å².